The topological polar surface area (TPSA) is 85.3 Å². The molecule has 1 atom stereocenters. The molecule has 1 aromatic heterocycles. The van der Waals surface area contributed by atoms with E-state index in [4.69, 9.17) is 0 Å². The number of aliphatic hydroxyl groups excluding tert-OH is 1. The first kappa shape index (κ1) is 16.2. The third-order valence-electron chi connectivity index (χ3n) is 3.96. The molecule has 0 bridgehead atoms. The van der Waals surface area contributed by atoms with Gasteiger partial charge in [0.25, 0.3) is 0 Å². The molecule has 4 N–H and O–H groups in total. The molecule has 123 valence electrons. The minimum Gasteiger partial charge on any atom is -0.506 e. The first-order chi connectivity index (χ1) is 11.5. The highest BCUT2D eigenvalue weighted by atomic mass is 16.3. The molecule has 0 saturated heterocycles. The quantitative estimate of drug-likeness (QED) is 0.580. The lowest BCUT2D eigenvalue weighted by Crippen LogP contribution is -2.21. The van der Waals surface area contributed by atoms with Crippen LogP contribution in [0.15, 0.2) is 53.3 Å². The summed E-state index contributed by atoms with van der Waals surface area (Å²) in [6, 6.07) is 14.0. The molecule has 24 heavy (non-hydrogen) atoms. The average molecular weight is 323 g/mol. The lowest BCUT2D eigenvalue weighted by atomic mass is 10.0. The van der Waals surface area contributed by atoms with Gasteiger partial charge in [0.05, 0.1) is 11.6 Å². The SMILES string of the molecule is [CH2]c1ccc(CNC[C@@H](O)c2ccc(O)c3[nH]c(=O)ccc23)cc1. The first-order valence-electron chi connectivity index (χ1n) is 7.69. The molecule has 0 fully saturated rings. The molecule has 1 radical (unpaired) electrons. The molecule has 0 amide bonds. The van der Waals surface area contributed by atoms with Gasteiger partial charge in [-0.25, -0.2) is 0 Å². The maximum Gasteiger partial charge on any atom is 0.248 e. The van der Waals surface area contributed by atoms with Crippen LogP contribution in [0, 0.1) is 6.92 Å². The number of H-pyrrole nitrogens is 1. The highest BCUT2D eigenvalue weighted by Gasteiger charge is 2.13. The second-order valence-electron chi connectivity index (χ2n) is 5.75. The summed E-state index contributed by atoms with van der Waals surface area (Å²) in [7, 11) is 0. The fourth-order valence-electron chi connectivity index (χ4n) is 2.67. The molecule has 3 aromatic rings. The molecule has 0 aliphatic heterocycles. The Hall–Kier alpha value is -2.63. The Morgan fingerprint density at radius 2 is 1.83 bits per heavy atom. The standard InChI is InChI=1S/C19H19N2O3/c1-12-2-4-13(5-3-12)10-20-11-17(23)14-6-8-16(22)19-15(14)7-9-18(24)21-19/h2-9,17,20,22-23H,1,10-11H2,(H,21,24)/t17-/m1/s1. The Labute approximate surface area is 139 Å². The van der Waals surface area contributed by atoms with Crippen molar-refractivity contribution in [3.8, 4) is 5.75 Å². The number of phenolic OH excluding ortho intramolecular Hbond substituents is 1. The molecule has 5 nitrogen and oxygen atoms in total. The predicted molar refractivity (Wildman–Crippen MR) is 93.8 cm³/mol. The van der Waals surface area contributed by atoms with Crippen LogP contribution in [-0.2, 0) is 6.54 Å². The summed E-state index contributed by atoms with van der Waals surface area (Å²) in [5.41, 5.74) is 2.76. The summed E-state index contributed by atoms with van der Waals surface area (Å²) in [5, 5.41) is 24.2. The molecule has 0 spiro atoms. The number of aromatic nitrogens is 1. The van der Waals surface area contributed by atoms with Crippen LogP contribution < -0.4 is 10.9 Å². The van der Waals surface area contributed by atoms with Crippen molar-refractivity contribution in [2.24, 2.45) is 0 Å². The van der Waals surface area contributed by atoms with Crippen molar-refractivity contribution >= 4 is 10.9 Å². The first-order valence-corrected chi connectivity index (χ1v) is 7.69. The molecule has 0 aliphatic carbocycles. The zero-order valence-corrected chi connectivity index (χ0v) is 13.1. The Bertz CT molecular complexity index is 901. The van der Waals surface area contributed by atoms with E-state index in [1.165, 1.54) is 12.1 Å². The third kappa shape index (κ3) is 3.48. The van der Waals surface area contributed by atoms with Gasteiger partial charge in [-0.15, -0.1) is 0 Å². The van der Waals surface area contributed by atoms with Crippen LogP contribution in [0.2, 0.25) is 0 Å². The van der Waals surface area contributed by atoms with Crippen molar-refractivity contribution in [3.63, 3.8) is 0 Å². The molecule has 2 aromatic carbocycles. The number of benzene rings is 2. The fraction of sp³-hybridized carbons (Fsp3) is 0.158. The number of aromatic amines is 1. The number of pyridine rings is 1. The minimum absolute atomic E-state index is 0.0140. The molecular weight excluding hydrogens is 304 g/mol. The van der Waals surface area contributed by atoms with Crippen LogP contribution in [0.25, 0.3) is 10.9 Å². The Morgan fingerprint density at radius 1 is 1.08 bits per heavy atom. The molecular formula is C19H19N2O3. The monoisotopic (exact) mass is 323 g/mol. The van der Waals surface area contributed by atoms with E-state index in [-0.39, 0.29) is 11.3 Å². The lowest BCUT2D eigenvalue weighted by molar-refractivity contribution is 0.176. The van der Waals surface area contributed by atoms with Gasteiger partial charge in [0.1, 0.15) is 5.75 Å². The van der Waals surface area contributed by atoms with E-state index in [2.05, 4.69) is 17.2 Å². The van der Waals surface area contributed by atoms with E-state index in [1.54, 1.807) is 12.1 Å². The highest BCUT2D eigenvalue weighted by Crippen LogP contribution is 2.28. The van der Waals surface area contributed by atoms with Crippen molar-refractivity contribution < 1.29 is 10.2 Å². The Morgan fingerprint density at radius 3 is 2.58 bits per heavy atom. The van der Waals surface area contributed by atoms with Gasteiger partial charge in [-0.1, -0.05) is 30.3 Å². The van der Waals surface area contributed by atoms with Crippen molar-refractivity contribution in [2.45, 2.75) is 12.6 Å². The smallest absolute Gasteiger partial charge is 0.248 e. The number of rotatable bonds is 5. The molecule has 0 unspecified atom stereocenters. The summed E-state index contributed by atoms with van der Waals surface area (Å²) in [5.74, 6) is -0.0140. The van der Waals surface area contributed by atoms with E-state index < -0.39 is 6.10 Å². The molecule has 0 saturated carbocycles. The van der Waals surface area contributed by atoms with Crippen LogP contribution in [0.1, 0.15) is 22.8 Å². The number of aliphatic hydroxyl groups is 1. The molecule has 1 heterocycles. The van der Waals surface area contributed by atoms with E-state index in [0.29, 0.717) is 29.6 Å². The van der Waals surface area contributed by atoms with Crippen molar-refractivity contribution in [1.29, 1.82) is 0 Å². The van der Waals surface area contributed by atoms with Gasteiger partial charge in [0, 0.05) is 24.5 Å². The summed E-state index contributed by atoms with van der Waals surface area (Å²) in [4.78, 5) is 14.0. The number of aromatic hydroxyl groups is 1. The molecule has 3 rings (SSSR count). The summed E-state index contributed by atoms with van der Waals surface area (Å²) in [6.07, 6.45) is -0.758. The molecule has 5 heteroatoms. The highest BCUT2D eigenvalue weighted by molar-refractivity contribution is 5.87. The fourth-order valence-corrected chi connectivity index (χ4v) is 2.67. The maximum absolute atomic E-state index is 11.4. The zero-order chi connectivity index (χ0) is 17.1. The number of fused-ring (bicyclic) bond motifs is 1. The number of phenols is 1. The van der Waals surface area contributed by atoms with E-state index >= 15 is 0 Å². The summed E-state index contributed by atoms with van der Waals surface area (Å²) >= 11 is 0. The number of nitrogens with one attached hydrogen (secondary N) is 2. The largest absolute Gasteiger partial charge is 0.506 e. The Kier molecular flexibility index (Phi) is 4.64. The third-order valence-corrected chi connectivity index (χ3v) is 3.96. The summed E-state index contributed by atoms with van der Waals surface area (Å²) < 4.78 is 0. The van der Waals surface area contributed by atoms with Gasteiger partial charge in [-0.05, 0) is 35.7 Å². The second kappa shape index (κ2) is 6.86. The van der Waals surface area contributed by atoms with Gasteiger partial charge in [-0.3, -0.25) is 4.79 Å². The number of hydrogen-bond acceptors (Lipinski definition) is 4. The zero-order valence-electron chi connectivity index (χ0n) is 13.1. The van der Waals surface area contributed by atoms with E-state index in [1.807, 2.05) is 24.3 Å². The van der Waals surface area contributed by atoms with Gasteiger partial charge in [0.15, 0.2) is 0 Å². The second-order valence-corrected chi connectivity index (χ2v) is 5.75. The van der Waals surface area contributed by atoms with Crippen molar-refractivity contribution in [3.05, 3.63) is 82.5 Å². The van der Waals surface area contributed by atoms with Gasteiger partial charge < -0.3 is 20.5 Å². The van der Waals surface area contributed by atoms with Crippen LogP contribution in [0.3, 0.4) is 0 Å². The van der Waals surface area contributed by atoms with Crippen LogP contribution in [0.5, 0.6) is 5.75 Å². The predicted octanol–water partition coefficient (Wildman–Crippen LogP) is 2.24. The summed E-state index contributed by atoms with van der Waals surface area (Å²) in [6.45, 7) is 4.83. The van der Waals surface area contributed by atoms with Crippen LogP contribution in [-0.4, -0.2) is 21.7 Å². The average Bonchev–Trinajstić information content (AvgIpc) is 2.57. The van der Waals surface area contributed by atoms with Gasteiger partial charge in [0.2, 0.25) is 5.56 Å². The lowest BCUT2D eigenvalue weighted by Gasteiger charge is -2.15. The minimum atomic E-state index is -0.758. The van der Waals surface area contributed by atoms with Crippen LogP contribution >= 0.6 is 0 Å². The van der Waals surface area contributed by atoms with Crippen molar-refractivity contribution in [2.75, 3.05) is 6.54 Å². The van der Waals surface area contributed by atoms with Gasteiger partial charge >= 0.3 is 0 Å². The Balaban J connectivity index is 1.74. The maximum atomic E-state index is 11.4. The normalized spacial score (nSPS) is 12.4. The van der Waals surface area contributed by atoms with Crippen LogP contribution in [0.4, 0.5) is 0 Å². The molecule has 0 aliphatic rings. The van der Waals surface area contributed by atoms with E-state index in [0.717, 1.165) is 11.1 Å². The number of hydrogen-bond donors (Lipinski definition) is 4. The van der Waals surface area contributed by atoms with Crippen molar-refractivity contribution in [1.82, 2.24) is 10.3 Å². The van der Waals surface area contributed by atoms with Gasteiger partial charge in [-0.2, -0.15) is 0 Å². The van der Waals surface area contributed by atoms with E-state index in [9.17, 15) is 15.0 Å².